The van der Waals surface area contributed by atoms with Crippen molar-refractivity contribution in [3.8, 4) is 5.75 Å². The molecule has 4 rings (SSSR count). The standard InChI is InChI=1S/C28H32N2O5S/c1-29-19-25-20-30(36(32,33)21-22-10-5-3-6-11-22)17-16-28(25,24-14-9-15-26(18-24)34-2)35-27(31)23-12-7-4-8-13-23/h3-15,18,25,29H,16-17,19-21H2,1-2H3/i1D3. The molecular formula is C28H32N2O5S. The summed E-state index contributed by atoms with van der Waals surface area (Å²) in [7, 11) is -2.23. The van der Waals surface area contributed by atoms with Crippen LogP contribution in [-0.4, -0.2) is 52.4 Å². The molecule has 0 aromatic heterocycles. The molecule has 0 radical (unpaired) electrons. The van der Waals surface area contributed by atoms with Gasteiger partial charge in [-0.25, -0.2) is 17.5 Å². The molecule has 0 aliphatic carbocycles. The summed E-state index contributed by atoms with van der Waals surface area (Å²) in [6.07, 6.45) is 0.125. The Hall–Kier alpha value is -3.20. The Morgan fingerprint density at radius 2 is 1.81 bits per heavy atom. The smallest absolute Gasteiger partial charge is 0.339 e. The lowest BCUT2D eigenvalue weighted by molar-refractivity contribution is -0.0819. The molecular weight excluding hydrogens is 476 g/mol. The third-order valence-corrected chi connectivity index (χ3v) is 8.41. The molecule has 8 heteroatoms. The van der Waals surface area contributed by atoms with Crippen LogP contribution in [0.25, 0.3) is 0 Å². The molecule has 190 valence electrons. The highest BCUT2D eigenvalue weighted by Gasteiger charge is 2.49. The summed E-state index contributed by atoms with van der Waals surface area (Å²) in [6.45, 7) is -2.56. The highest BCUT2D eigenvalue weighted by Crippen LogP contribution is 2.43. The second-order valence-corrected chi connectivity index (χ2v) is 10.8. The van der Waals surface area contributed by atoms with E-state index in [1.54, 1.807) is 78.9 Å². The van der Waals surface area contributed by atoms with Crippen LogP contribution >= 0.6 is 0 Å². The van der Waals surface area contributed by atoms with Crippen molar-refractivity contribution in [1.29, 1.82) is 0 Å². The minimum atomic E-state index is -3.75. The first-order valence-corrected chi connectivity index (χ1v) is 13.3. The highest BCUT2D eigenvalue weighted by atomic mass is 32.2. The first kappa shape index (κ1) is 22.0. The summed E-state index contributed by atoms with van der Waals surface area (Å²) in [6, 6.07) is 24.4. The van der Waals surface area contributed by atoms with E-state index in [0.29, 0.717) is 22.4 Å². The molecule has 1 N–H and O–H groups in total. The third kappa shape index (κ3) is 5.61. The Kier molecular flexibility index (Phi) is 6.88. The summed E-state index contributed by atoms with van der Waals surface area (Å²) in [5.41, 5.74) is 0.262. The summed E-state index contributed by atoms with van der Waals surface area (Å²) >= 11 is 0. The monoisotopic (exact) mass is 511 g/mol. The molecule has 3 aromatic carbocycles. The SMILES string of the molecule is [2H]C([2H])([2H])NCC1CN(S(=O)(=O)Cc2ccccc2)CCC1(OC(=O)c1ccccc1)c1cccc(OC)c1. The first-order valence-electron chi connectivity index (χ1n) is 13.2. The van der Waals surface area contributed by atoms with E-state index in [1.165, 1.54) is 11.4 Å². The zero-order valence-electron chi connectivity index (χ0n) is 23.1. The second-order valence-electron chi connectivity index (χ2n) is 8.80. The summed E-state index contributed by atoms with van der Waals surface area (Å²) in [5.74, 6) is -0.970. The topological polar surface area (TPSA) is 84.9 Å². The van der Waals surface area contributed by atoms with Crippen LogP contribution < -0.4 is 10.1 Å². The van der Waals surface area contributed by atoms with Crippen LogP contribution in [0.4, 0.5) is 0 Å². The molecule has 7 nitrogen and oxygen atoms in total. The second kappa shape index (κ2) is 11.2. The van der Waals surface area contributed by atoms with Gasteiger partial charge in [0.15, 0.2) is 0 Å². The van der Waals surface area contributed by atoms with Crippen molar-refractivity contribution in [2.45, 2.75) is 17.8 Å². The number of methoxy groups -OCH3 is 1. The molecule has 0 amide bonds. The van der Waals surface area contributed by atoms with Gasteiger partial charge in [0, 0.05) is 36.1 Å². The van der Waals surface area contributed by atoms with Crippen molar-refractivity contribution in [2.24, 2.45) is 5.92 Å². The zero-order valence-corrected chi connectivity index (χ0v) is 20.9. The molecule has 1 fully saturated rings. The van der Waals surface area contributed by atoms with Gasteiger partial charge in [0.1, 0.15) is 11.4 Å². The van der Waals surface area contributed by atoms with Crippen LogP contribution in [0, 0.1) is 5.92 Å². The maximum atomic E-state index is 13.5. The molecule has 1 aliphatic heterocycles. The average Bonchev–Trinajstić information content (AvgIpc) is 2.92. The predicted octanol–water partition coefficient (Wildman–Crippen LogP) is 3.82. The normalized spacial score (nSPS) is 22.1. The summed E-state index contributed by atoms with van der Waals surface area (Å²) < 4.78 is 63.1. The van der Waals surface area contributed by atoms with Crippen molar-refractivity contribution in [3.63, 3.8) is 0 Å². The van der Waals surface area contributed by atoms with E-state index < -0.39 is 34.5 Å². The van der Waals surface area contributed by atoms with Crippen LogP contribution in [0.2, 0.25) is 0 Å². The Bertz CT molecular complexity index is 1370. The minimum Gasteiger partial charge on any atom is -0.497 e. The Morgan fingerprint density at radius 1 is 1.08 bits per heavy atom. The van der Waals surface area contributed by atoms with E-state index in [-0.39, 0.29) is 31.8 Å². The number of hydrogen-bond acceptors (Lipinski definition) is 6. The molecule has 0 spiro atoms. The zero-order chi connectivity index (χ0) is 28.1. The minimum absolute atomic E-state index is 0.0441. The van der Waals surface area contributed by atoms with E-state index in [0.717, 1.165) is 0 Å². The van der Waals surface area contributed by atoms with Gasteiger partial charge in [0.05, 0.1) is 18.4 Å². The van der Waals surface area contributed by atoms with Gasteiger partial charge in [-0.2, -0.15) is 0 Å². The van der Waals surface area contributed by atoms with Gasteiger partial charge in [0.2, 0.25) is 10.0 Å². The van der Waals surface area contributed by atoms with Crippen molar-refractivity contribution < 1.29 is 26.8 Å². The third-order valence-electron chi connectivity index (χ3n) is 6.59. The van der Waals surface area contributed by atoms with E-state index in [9.17, 15) is 13.2 Å². The van der Waals surface area contributed by atoms with Gasteiger partial charge in [-0.05, 0) is 42.4 Å². The molecule has 1 saturated heterocycles. The van der Waals surface area contributed by atoms with Crippen molar-refractivity contribution in [2.75, 3.05) is 33.7 Å². The Morgan fingerprint density at radius 3 is 2.50 bits per heavy atom. The Balaban J connectivity index is 1.74. The number of rotatable bonds is 9. The number of hydrogen-bond donors (Lipinski definition) is 1. The Labute approximate surface area is 217 Å². The highest BCUT2D eigenvalue weighted by molar-refractivity contribution is 7.88. The van der Waals surface area contributed by atoms with Crippen LogP contribution in [0.1, 0.15) is 32.0 Å². The molecule has 36 heavy (non-hydrogen) atoms. The van der Waals surface area contributed by atoms with Gasteiger partial charge in [-0.3, -0.25) is 0 Å². The van der Waals surface area contributed by atoms with Crippen molar-refractivity contribution >= 4 is 16.0 Å². The lowest BCUT2D eigenvalue weighted by Crippen LogP contribution is -2.56. The maximum Gasteiger partial charge on any atom is 0.339 e. The van der Waals surface area contributed by atoms with Crippen molar-refractivity contribution in [1.82, 2.24) is 9.62 Å². The van der Waals surface area contributed by atoms with E-state index >= 15 is 0 Å². The lowest BCUT2D eigenvalue weighted by atomic mass is 9.76. The van der Waals surface area contributed by atoms with Gasteiger partial charge in [-0.15, -0.1) is 0 Å². The molecule has 2 unspecified atom stereocenters. The number of nitrogens with one attached hydrogen (secondary N) is 1. The van der Waals surface area contributed by atoms with Gasteiger partial charge in [0.25, 0.3) is 0 Å². The van der Waals surface area contributed by atoms with Crippen LogP contribution in [0.3, 0.4) is 0 Å². The quantitative estimate of drug-likeness (QED) is 0.440. The molecule has 1 aliphatic rings. The van der Waals surface area contributed by atoms with E-state index in [1.807, 2.05) is 6.07 Å². The van der Waals surface area contributed by atoms with Crippen LogP contribution in [0.15, 0.2) is 84.9 Å². The molecule has 0 bridgehead atoms. The fraction of sp³-hybridized carbons (Fsp3) is 0.321. The number of ether oxygens (including phenoxy) is 2. The molecule has 0 saturated carbocycles. The summed E-state index contributed by atoms with van der Waals surface area (Å²) in [5, 5.41) is 2.54. The molecule has 3 aromatic rings. The lowest BCUT2D eigenvalue weighted by Gasteiger charge is -2.47. The number of sulfonamides is 1. The summed E-state index contributed by atoms with van der Waals surface area (Å²) in [4.78, 5) is 13.4. The fourth-order valence-corrected chi connectivity index (χ4v) is 6.29. The largest absolute Gasteiger partial charge is 0.497 e. The number of carbonyl (C=O) groups is 1. The average molecular weight is 512 g/mol. The van der Waals surface area contributed by atoms with Gasteiger partial charge >= 0.3 is 5.97 Å². The van der Waals surface area contributed by atoms with E-state index in [4.69, 9.17) is 13.6 Å². The van der Waals surface area contributed by atoms with Crippen LogP contribution in [-0.2, 0) is 26.1 Å². The molecule has 1 heterocycles. The van der Waals surface area contributed by atoms with Crippen molar-refractivity contribution in [3.05, 3.63) is 102 Å². The predicted molar refractivity (Wildman–Crippen MR) is 139 cm³/mol. The number of piperidine rings is 1. The first-order chi connectivity index (χ1) is 18.5. The van der Waals surface area contributed by atoms with E-state index in [2.05, 4.69) is 5.32 Å². The number of esters is 1. The number of benzene rings is 3. The fourth-order valence-electron chi connectivity index (χ4n) is 4.72. The van der Waals surface area contributed by atoms with Gasteiger partial charge in [-0.1, -0.05) is 60.7 Å². The number of carbonyl (C=O) groups excluding carboxylic acids is 1. The number of nitrogens with zero attached hydrogens (tertiary/aromatic N) is 1. The maximum absolute atomic E-state index is 13.5. The van der Waals surface area contributed by atoms with Crippen LogP contribution in [0.5, 0.6) is 5.75 Å². The molecule has 2 atom stereocenters. The van der Waals surface area contributed by atoms with Gasteiger partial charge < -0.3 is 14.8 Å².